The van der Waals surface area contributed by atoms with E-state index < -0.39 is 5.54 Å². The fourth-order valence-electron chi connectivity index (χ4n) is 3.88. The number of anilines is 1. The number of benzene rings is 1. The Bertz CT molecular complexity index is 522. The van der Waals surface area contributed by atoms with Crippen molar-refractivity contribution in [1.29, 1.82) is 0 Å². The van der Waals surface area contributed by atoms with E-state index in [1.165, 1.54) is 19.3 Å². The van der Waals surface area contributed by atoms with Crippen LogP contribution in [0.1, 0.15) is 51.2 Å². The molecule has 1 aromatic carbocycles. The van der Waals surface area contributed by atoms with Gasteiger partial charge in [-0.1, -0.05) is 18.2 Å². The lowest BCUT2D eigenvalue weighted by Crippen LogP contribution is -2.68. The van der Waals surface area contributed by atoms with Crippen molar-refractivity contribution < 1.29 is 9.28 Å². The van der Waals surface area contributed by atoms with Crippen molar-refractivity contribution in [2.45, 2.75) is 59.4 Å². The molecule has 1 fully saturated rings. The van der Waals surface area contributed by atoms with E-state index >= 15 is 0 Å². The number of aryl methyl sites for hydroxylation is 2. The Morgan fingerprint density at radius 3 is 2.18 bits per heavy atom. The number of nitrogens with zero attached hydrogens (tertiary/aromatic N) is 1. The Hall–Kier alpha value is -1.35. The summed E-state index contributed by atoms with van der Waals surface area (Å²) in [5, 5.41) is 3.22. The van der Waals surface area contributed by atoms with Crippen molar-refractivity contribution in [3.63, 3.8) is 0 Å². The summed E-state index contributed by atoms with van der Waals surface area (Å²) in [4.78, 5) is 13.1. The minimum atomic E-state index is -0.399. The monoisotopic (exact) mass is 303 g/mol. The third-order valence-corrected chi connectivity index (χ3v) is 5.74. The fourth-order valence-corrected chi connectivity index (χ4v) is 3.88. The summed E-state index contributed by atoms with van der Waals surface area (Å²) in [6.07, 6.45) is 3.76. The number of carbonyl (C=O) groups excluding carboxylic acids is 1. The molecular formula is C19H31N2O+. The van der Waals surface area contributed by atoms with E-state index in [0.717, 1.165) is 40.9 Å². The first-order valence-corrected chi connectivity index (χ1v) is 8.58. The van der Waals surface area contributed by atoms with Crippen molar-refractivity contribution in [3.05, 3.63) is 29.3 Å². The second-order valence-corrected chi connectivity index (χ2v) is 7.25. The summed E-state index contributed by atoms with van der Waals surface area (Å²) in [6, 6.07) is 6.15. The summed E-state index contributed by atoms with van der Waals surface area (Å²) in [7, 11) is 0. The largest absolute Gasteiger partial charge is 0.320 e. The maximum atomic E-state index is 13.1. The van der Waals surface area contributed by atoms with E-state index in [1.807, 2.05) is 6.07 Å². The highest BCUT2D eigenvalue weighted by Crippen LogP contribution is 2.32. The lowest BCUT2D eigenvalue weighted by molar-refractivity contribution is -0.965. The molecule has 0 radical (unpaired) electrons. The second-order valence-electron chi connectivity index (χ2n) is 7.25. The molecule has 0 spiro atoms. The number of rotatable bonds is 4. The normalized spacial score (nSPS) is 18.0. The van der Waals surface area contributed by atoms with Crippen molar-refractivity contribution in [2.24, 2.45) is 0 Å². The van der Waals surface area contributed by atoms with Gasteiger partial charge in [0.15, 0.2) is 5.54 Å². The average Bonchev–Trinajstić information content (AvgIpc) is 2.51. The number of nitrogens with one attached hydrogen (secondary N) is 1. The first-order chi connectivity index (χ1) is 10.3. The van der Waals surface area contributed by atoms with Gasteiger partial charge in [-0.05, 0) is 65.0 Å². The molecule has 1 heterocycles. The highest BCUT2D eigenvalue weighted by molar-refractivity contribution is 5.97. The van der Waals surface area contributed by atoms with Crippen LogP contribution < -0.4 is 5.32 Å². The zero-order valence-corrected chi connectivity index (χ0v) is 14.8. The van der Waals surface area contributed by atoms with E-state index in [0.29, 0.717) is 0 Å². The van der Waals surface area contributed by atoms with E-state index in [2.05, 4.69) is 52.1 Å². The molecule has 3 nitrogen and oxygen atoms in total. The van der Waals surface area contributed by atoms with E-state index in [-0.39, 0.29) is 5.91 Å². The molecule has 1 aromatic rings. The molecule has 1 amide bonds. The Morgan fingerprint density at radius 2 is 1.68 bits per heavy atom. The van der Waals surface area contributed by atoms with Gasteiger partial charge in [-0.25, -0.2) is 0 Å². The zero-order valence-electron chi connectivity index (χ0n) is 14.8. The van der Waals surface area contributed by atoms with Crippen molar-refractivity contribution in [2.75, 3.05) is 25.0 Å². The molecular weight excluding hydrogens is 272 g/mol. The van der Waals surface area contributed by atoms with Crippen molar-refractivity contribution >= 4 is 11.6 Å². The summed E-state index contributed by atoms with van der Waals surface area (Å²) in [6.45, 7) is 13.8. The van der Waals surface area contributed by atoms with Crippen LogP contribution in [0.2, 0.25) is 0 Å². The third-order valence-electron chi connectivity index (χ3n) is 5.74. The van der Waals surface area contributed by atoms with E-state index in [4.69, 9.17) is 0 Å². The van der Waals surface area contributed by atoms with Gasteiger partial charge >= 0.3 is 0 Å². The molecule has 3 heteroatoms. The second kappa shape index (κ2) is 6.41. The molecule has 0 bridgehead atoms. The van der Waals surface area contributed by atoms with Gasteiger partial charge in [0.25, 0.3) is 5.91 Å². The Labute approximate surface area is 135 Å². The standard InChI is InChI=1S/C19H30N2O/c1-6-21(13-8-7-9-14-21)19(4,5)18(22)20-17-15(2)11-10-12-16(17)3/h10-12H,6-9,13-14H2,1-5H3/p+1. The first kappa shape index (κ1) is 17.0. The third kappa shape index (κ3) is 2.91. The lowest BCUT2D eigenvalue weighted by atomic mass is 9.92. The maximum Gasteiger partial charge on any atom is 0.285 e. The summed E-state index contributed by atoms with van der Waals surface area (Å²) in [5.41, 5.74) is 2.84. The highest BCUT2D eigenvalue weighted by atomic mass is 16.2. The number of likely N-dealkylation sites (N-methyl/N-ethyl adjacent to an activating group) is 1. The number of amides is 1. The molecule has 0 unspecified atom stereocenters. The van der Waals surface area contributed by atoms with E-state index in [1.54, 1.807) is 0 Å². The molecule has 1 aliphatic heterocycles. The lowest BCUT2D eigenvalue weighted by Gasteiger charge is -2.50. The van der Waals surface area contributed by atoms with Gasteiger partial charge in [-0.15, -0.1) is 0 Å². The first-order valence-electron chi connectivity index (χ1n) is 8.58. The summed E-state index contributed by atoms with van der Waals surface area (Å²) < 4.78 is 0.907. The van der Waals surface area contributed by atoms with Gasteiger partial charge in [0, 0.05) is 5.69 Å². The molecule has 0 atom stereocenters. The van der Waals surface area contributed by atoms with Crippen LogP contribution in [0.5, 0.6) is 0 Å². The minimum absolute atomic E-state index is 0.147. The Kier molecular flexibility index (Phi) is 4.96. The smallest absolute Gasteiger partial charge is 0.285 e. The van der Waals surface area contributed by atoms with Crippen LogP contribution in [0.4, 0.5) is 5.69 Å². The number of hydrogen-bond acceptors (Lipinski definition) is 1. The minimum Gasteiger partial charge on any atom is -0.320 e. The maximum absolute atomic E-state index is 13.1. The van der Waals surface area contributed by atoms with Gasteiger partial charge < -0.3 is 9.80 Å². The van der Waals surface area contributed by atoms with E-state index in [9.17, 15) is 4.79 Å². The van der Waals surface area contributed by atoms with Gasteiger partial charge in [0.2, 0.25) is 0 Å². The molecule has 1 aliphatic rings. The fraction of sp³-hybridized carbons (Fsp3) is 0.632. The molecule has 1 saturated heterocycles. The molecule has 0 saturated carbocycles. The van der Waals surface area contributed by atoms with Crippen LogP contribution in [-0.4, -0.2) is 35.6 Å². The molecule has 0 aromatic heterocycles. The predicted molar refractivity (Wildman–Crippen MR) is 93.0 cm³/mol. The highest BCUT2D eigenvalue weighted by Gasteiger charge is 2.48. The van der Waals surface area contributed by atoms with Gasteiger partial charge in [-0.2, -0.15) is 0 Å². The van der Waals surface area contributed by atoms with Crippen LogP contribution in [0.3, 0.4) is 0 Å². The molecule has 2 rings (SSSR count). The summed E-state index contributed by atoms with van der Waals surface area (Å²) in [5.74, 6) is 0.147. The zero-order chi connectivity index (χ0) is 16.4. The molecule has 1 N–H and O–H groups in total. The van der Waals surface area contributed by atoms with Gasteiger partial charge in [0.05, 0.1) is 19.6 Å². The predicted octanol–water partition coefficient (Wildman–Crippen LogP) is 4.04. The average molecular weight is 303 g/mol. The van der Waals surface area contributed by atoms with Crippen LogP contribution in [-0.2, 0) is 4.79 Å². The number of quaternary nitrogens is 1. The van der Waals surface area contributed by atoms with Gasteiger partial charge in [-0.3, -0.25) is 4.79 Å². The number of piperidine rings is 1. The Morgan fingerprint density at radius 1 is 1.14 bits per heavy atom. The number of likely N-dealkylation sites (tertiary alicyclic amines) is 1. The quantitative estimate of drug-likeness (QED) is 0.836. The number of hydrogen-bond donors (Lipinski definition) is 1. The van der Waals surface area contributed by atoms with Crippen molar-refractivity contribution in [1.82, 2.24) is 0 Å². The van der Waals surface area contributed by atoms with Crippen LogP contribution in [0.25, 0.3) is 0 Å². The van der Waals surface area contributed by atoms with Crippen LogP contribution in [0.15, 0.2) is 18.2 Å². The molecule has 122 valence electrons. The molecule has 0 aliphatic carbocycles. The summed E-state index contributed by atoms with van der Waals surface area (Å²) >= 11 is 0. The van der Waals surface area contributed by atoms with Crippen LogP contribution in [0, 0.1) is 13.8 Å². The SMILES string of the molecule is CC[N+]1(C(C)(C)C(=O)Nc2c(C)cccc2C)CCCCC1. The topological polar surface area (TPSA) is 29.1 Å². The molecule has 22 heavy (non-hydrogen) atoms. The Balaban J connectivity index is 2.26. The number of carbonyl (C=O) groups is 1. The van der Waals surface area contributed by atoms with Gasteiger partial charge in [0.1, 0.15) is 0 Å². The van der Waals surface area contributed by atoms with Crippen LogP contribution >= 0.6 is 0 Å². The van der Waals surface area contributed by atoms with Crippen molar-refractivity contribution in [3.8, 4) is 0 Å². The number of para-hydroxylation sites is 1.